The molecule has 112 valence electrons. The van der Waals surface area contributed by atoms with Gasteiger partial charge in [-0.1, -0.05) is 29.8 Å². The lowest BCUT2D eigenvalue weighted by Crippen LogP contribution is -2.08. The van der Waals surface area contributed by atoms with Crippen molar-refractivity contribution in [3.63, 3.8) is 0 Å². The number of aryl methyl sites for hydroxylation is 2. The predicted octanol–water partition coefficient (Wildman–Crippen LogP) is 5.06. The van der Waals surface area contributed by atoms with Gasteiger partial charge in [0.05, 0.1) is 5.56 Å². The van der Waals surface area contributed by atoms with Crippen LogP contribution in [-0.4, -0.2) is 5.11 Å². The third-order valence-electron chi connectivity index (χ3n) is 3.44. The molecule has 0 saturated carbocycles. The molecule has 0 aliphatic rings. The van der Waals surface area contributed by atoms with Gasteiger partial charge >= 0.3 is 6.18 Å². The Bertz CT molecular complexity index is 665. The third-order valence-corrected chi connectivity index (χ3v) is 3.76. The molecule has 5 heteroatoms. The van der Waals surface area contributed by atoms with Crippen molar-refractivity contribution in [2.75, 3.05) is 0 Å². The molecule has 0 heterocycles. The molecule has 0 aliphatic heterocycles. The highest BCUT2D eigenvalue weighted by atomic mass is 35.5. The van der Waals surface area contributed by atoms with Crippen molar-refractivity contribution in [1.29, 1.82) is 0 Å². The first-order valence-corrected chi connectivity index (χ1v) is 6.70. The van der Waals surface area contributed by atoms with Crippen molar-refractivity contribution in [3.05, 3.63) is 69.2 Å². The van der Waals surface area contributed by atoms with Crippen LogP contribution >= 0.6 is 11.6 Å². The molecular formula is C16H14ClF3O. The van der Waals surface area contributed by atoms with Gasteiger partial charge in [0.15, 0.2) is 0 Å². The molecule has 1 N–H and O–H groups in total. The fourth-order valence-electron chi connectivity index (χ4n) is 2.08. The lowest BCUT2D eigenvalue weighted by Gasteiger charge is -2.16. The van der Waals surface area contributed by atoms with E-state index in [0.29, 0.717) is 10.6 Å². The normalized spacial score (nSPS) is 13.3. The maximum atomic E-state index is 12.7. The summed E-state index contributed by atoms with van der Waals surface area (Å²) in [5.74, 6) is 0. The maximum Gasteiger partial charge on any atom is 0.416 e. The molecule has 0 bridgehead atoms. The zero-order valence-corrected chi connectivity index (χ0v) is 12.3. The summed E-state index contributed by atoms with van der Waals surface area (Å²) in [6.07, 6.45) is -5.64. The van der Waals surface area contributed by atoms with Gasteiger partial charge in [0, 0.05) is 10.6 Å². The number of alkyl halides is 3. The van der Waals surface area contributed by atoms with Crippen LogP contribution in [0.3, 0.4) is 0 Å². The minimum absolute atomic E-state index is 0.162. The molecule has 0 aliphatic carbocycles. The lowest BCUT2D eigenvalue weighted by atomic mass is 9.96. The van der Waals surface area contributed by atoms with Crippen LogP contribution in [-0.2, 0) is 6.18 Å². The molecule has 0 spiro atoms. The van der Waals surface area contributed by atoms with Crippen LogP contribution in [0.5, 0.6) is 0 Å². The fourth-order valence-corrected chi connectivity index (χ4v) is 2.40. The zero-order valence-electron chi connectivity index (χ0n) is 11.5. The summed E-state index contributed by atoms with van der Waals surface area (Å²) in [4.78, 5) is 0. The summed E-state index contributed by atoms with van der Waals surface area (Å²) >= 11 is 6.09. The molecule has 1 unspecified atom stereocenters. The first kappa shape index (κ1) is 15.9. The van der Waals surface area contributed by atoms with E-state index in [9.17, 15) is 18.3 Å². The van der Waals surface area contributed by atoms with Gasteiger partial charge in [-0.3, -0.25) is 0 Å². The van der Waals surface area contributed by atoms with E-state index in [2.05, 4.69) is 0 Å². The van der Waals surface area contributed by atoms with E-state index >= 15 is 0 Å². The fraction of sp³-hybridized carbons (Fsp3) is 0.250. The van der Waals surface area contributed by atoms with E-state index in [1.54, 1.807) is 12.1 Å². The average molecular weight is 315 g/mol. The zero-order chi connectivity index (χ0) is 15.8. The Labute approximate surface area is 126 Å². The van der Waals surface area contributed by atoms with Crippen LogP contribution < -0.4 is 0 Å². The topological polar surface area (TPSA) is 20.2 Å². The molecule has 0 saturated heterocycles. The number of aliphatic hydroxyl groups excluding tert-OH is 1. The van der Waals surface area contributed by atoms with Gasteiger partial charge in [-0.25, -0.2) is 0 Å². The Morgan fingerprint density at radius 3 is 2.29 bits per heavy atom. The van der Waals surface area contributed by atoms with E-state index in [0.717, 1.165) is 23.3 Å². The van der Waals surface area contributed by atoms with E-state index in [1.807, 2.05) is 13.8 Å². The number of aliphatic hydroxyl groups is 1. The van der Waals surface area contributed by atoms with Gasteiger partial charge in [0.2, 0.25) is 0 Å². The second-order valence-corrected chi connectivity index (χ2v) is 5.39. The molecule has 2 aromatic rings. The first-order chi connectivity index (χ1) is 9.70. The molecule has 2 rings (SSSR count). The smallest absolute Gasteiger partial charge is 0.384 e. The summed E-state index contributed by atoms with van der Waals surface area (Å²) in [7, 11) is 0. The molecular weight excluding hydrogens is 301 g/mol. The lowest BCUT2D eigenvalue weighted by molar-refractivity contribution is -0.137. The van der Waals surface area contributed by atoms with E-state index in [-0.39, 0.29) is 5.56 Å². The second-order valence-electron chi connectivity index (χ2n) is 4.98. The molecule has 0 radical (unpaired) electrons. The standard InChI is InChI=1S/C16H14ClF3O/c1-9-6-13(14(17)7-10(9)2)15(21)11-4-3-5-12(8-11)16(18,19)20/h3-8,15,21H,1-2H3. The van der Waals surface area contributed by atoms with Crippen molar-refractivity contribution >= 4 is 11.6 Å². The number of benzene rings is 2. The van der Waals surface area contributed by atoms with Crippen LogP contribution in [0, 0.1) is 13.8 Å². The molecule has 1 nitrogen and oxygen atoms in total. The van der Waals surface area contributed by atoms with Crippen LogP contribution in [0.25, 0.3) is 0 Å². The van der Waals surface area contributed by atoms with Gasteiger partial charge in [0.1, 0.15) is 6.10 Å². The average Bonchev–Trinajstić information content (AvgIpc) is 2.41. The summed E-state index contributed by atoms with van der Waals surface area (Å²) in [6, 6.07) is 8.03. The van der Waals surface area contributed by atoms with Crippen molar-refractivity contribution in [3.8, 4) is 0 Å². The van der Waals surface area contributed by atoms with E-state index in [1.165, 1.54) is 12.1 Å². The Kier molecular flexibility index (Phi) is 4.30. The minimum atomic E-state index is -4.44. The van der Waals surface area contributed by atoms with Crippen molar-refractivity contribution in [1.82, 2.24) is 0 Å². The number of hydrogen-bond acceptors (Lipinski definition) is 1. The first-order valence-electron chi connectivity index (χ1n) is 6.32. The van der Waals surface area contributed by atoms with Crippen molar-refractivity contribution in [2.24, 2.45) is 0 Å². The molecule has 0 fully saturated rings. The van der Waals surface area contributed by atoms with Gasteiger partial charge in [-0.05, 0) is 48.7 Å². The molecule has 0 amide bonds. The Hall–Kier alpha value is -1.52. The van der Waals surface area contributed by atoms with Crippen LogP contribution in [0.15, 0.2) is 36.4 Å². The number of rotatable bonds is 2. The maximum absolute atomic E-state index is 12.7. The Morgan fingerprint density at radius 1 is 1.05 bits per heavy atom. The molecule has 0 aromatic heterocycles. The number of halogens is 4. The van der Waals surface area contributed by atoms with Crippen molar-refractivity contribution < 1.29 is 18.3 Å². The van der Waals surface area contributed by atoms with Gasteiger partial charge < -0.3 is 5.11 Å². The van der Waals surface area contributed by atoms with Crippen molar-refractivity contribution in [2.45, 2.75) is 26.1 Å². The Balaban J connectivity index is 2.45. The van der Waals surface area contributed by atoms with E-state index in [4.69, 9.17) is 11.6 Å². The molecule has 21 heavy (non-hydrogen) atoms. The van der Waals surface area contributed by atoms with Gasteiger partial charge in [0.25, 0.3) is 0 Å². The monoisotopic (exact) mass is 314 g/mol. The van der Waals surface area contributed by atoms with Gasteiger partial charge in [-0.2, -0.15) is 13.2 Å². The summed E-state index contributed by atoms with van der Waals surface area (Å²) in [5.41, 5.74) is 1.65. The highest BCUT2D eigenvalue weighted by Crippen LogP contribution is 2.34. The predicted molar refractivity (Wildman–Crippen MR) is 76.4 cm³/mol. The molecule has 1 atom stereocenters. The molecule has 2 aromatic carbocycles. The SMILES string of the molecule is Cc1cc(Cl)c(C(O)c2cccc(C(F)(F)F)c2)cc1C. The van der Waals surface area contributed by atoms with Crippen LogP contribution in [0.1, 0.15) is 33.9 Å². The summed E-state index contributed by atoms with van der Waals surface area (Å²) < 4.78 is 38.2. The quantitative estimate of drug-likeness (QED) is 0.821. The minimum Gasteiger partial charge on any atom is -0.384 e. The highest BCUT2D eigenvalue weighted by Gasteiger charge is 2.31. The van der Waals surface area contributed by atoms with Crippen LogP contribution in [0.2, 0.25) is 5.02 Å². The Morgan fingerprint density at radius 2 is 1.67 bits per heavy atom. The summed E-state index contributed by atoms with van der Waals surface area (Å²) in [5, 5.41) is 10.7. The van der Waals surface area contributed by atoms with E-state index < -0.39 is 17.8 Å². The highest BCUT2D eigenvalue weighted by molar-refractivity contribution is 6.31. The third kappa shape index (κ3) is 3.39. The van der Waals surface area contributed by atoms with Crippen LogP contribution in [0.4, 0.5) is 13.2 Å². The largest absolute Gasteiger partial charge is 0.416 e. The van der Waals surface area contributed by atoms with Gasteiger partial charge in [-0.15, -0.1) is 0 Å². The summed E-state index contributed by atoms with van der Waals surface area (Å²) in [6.45, 7) is 3.73. The number of hydrogen-bond donors (Lipinski definition) is 1. The second kappa shape index (κ2) is 5.70.